The Morgan fingerprint density at radius 2 is 2.21 bits per heavy atom. The van der Waals surface area contributed by atoms with Gasteiger partial charge in [-0.1, -0.05) is 0 Å². The number of rotatable bonds is 2. The van der Waals surface area contributed by atoms with E-state index in [0.29, 0.717) is 6.54 Å². The van der Waals surface area contributed by atoms with Crippen LogP contribution in [-0.4, -0.2) is 21.1 Å². The molecule has 0 aromatic carbocycles. The maximum atomic E-state index is 5.48. The molecule has 0 spiro atoms. The summed E-state index contributed by atoms with van der Waals surface area (Å²) in [7, 11) is 1.99. The van der Waals surface area contributed by atoms with Crippen molar-refractivity contribution in [1.82, 2.24) is 14.5 Å². The number of fused-ring (bicyclic) bond motifs is 1. The third kappa shape index (κ3) is 1.37. The summed E-state index contributed by atoms with van der Waals surface area (Å²) in [5, 5.41) is 1.12. The summed E-state index contributed by atoms with van der Waals surface area (Å²) in [4.78, 5) is 8.86. The molecule has 0 aliphatic heterocycles. The van der Waals surface area contributed by atoms with Gasteiger partial charge in [-0.05, 0) is 19.5 Å². The van der Waals surface area contributed by atoms with Crippen LogP contribution in [-0.2, 0) is 13.5 Å². The highest BCUT2D eigenvalue weighted by Gasteiger charge is 2.06. The molecular formula is C10H14N4. The van der Waals surface area contributed by atoms with Gasteiger partial charge in [0.1, 0.15) is 11.5 Å². The van der Waals surface area contributed by atoms with Gasteiger partial charge in [-0.15, -0.1) is 0 Å². The summed E-state index contributed by atoms with van der Waals surface area (Å²) >= 11 is 0. The minimum Gasteiger partial charge on any atom is -0.335 e. The number of hydrogen-bond acceptors (Lipinski definition) is 3. The van der Waals surface area contributed by atoms with Crippen molar-refractivity contribution in [2.24, 2.45) is 12.8 Å². The van der Waals surface area contributed by atoms with Gasteiger partial charge in [-0.2, -0.15) is 0 Å². The second-order valence-electron chi connectivity index (χ2n) is 3.43. The maximum Gasteiger partial charge on any atom is 0.143 e. The minimum atomic E-state index is 0.593. The molecular weight excluding hydrogens is 176 g/mol. The smallest absolute Gasteiger partial charge is 0.143 e. The predicted molar refractivity (Wildman–Crippen MR) is 56.0 cm³/mol. The lowest BCUT2D eigenvalue weighted by atomic mass is 10.3. The van der Waals surface area contributed by atoms with Crippen molar-refractivity contribution < 1.29 is 0 Å². The van der Waals surface area contributed by atoms with Gasteiger partial charge in [0.25, 0.3) is 0 Å². The molecule has 0 saturated heterocycles. The van der Waals surface area contributed by atoms with Crippen molar-refractivity contribution >= 4 is 11.0 Å². The molecule has 0 aliphatic carbocycles. The molecule has 4 heteroatoms. The van der Waals surface area contributed by atoms with E-state index in [1.165, 1.54) is 0 Å². The van der Waals surface area contributed by atoms with E-state index in [-0.39, 0.29) is 0 Å². The van der Waals surface area contributed by atoms with Crippen LogP contribution in [0.5, 0.6) is 0 Å². The van der Waals surface area contributed by atoms with E-state index < -0.39 is 0 Å². The van der Waals surface area contributed by atoms with Crippen molar-refractivity contribution in [2.45, 2.75) is 13.3 Å². The first kappa shape index (κ1) is 9.15. The SMILES string of the molecule is Cc1nc(CCN)nc2c1ccn2C. The lowest BCUT2D eigenvalue weighted by Gasteiger charge is -2.02. The van der Waals surface area contributed by atoms with Gasteiger partial charge in [-0.25, -0.2) is 9.97 Å². The Labute approximate surface area is 82.8 Å². The van der Waals surface area contributed by atoms with Crippen LogP contribution in [0.15, 0.2) is 12.3 Å². The summed E-state index contributed by atoms with van der Waals surface area (Å²) in [6, 6.07) is 2.04. The van der Waals surface area contributed by atoms with Gasteiger partial charge in [-0.3, -0.25) is 0 Å². The highest BCUT2D eigenvalue weighted by Crippen LogP contribution is 2.15. The molecule has 4 nitrogen and oxygen atoms in total. The van der Waals surface area contributed by atoms with Crippen LogP contribution in [0.2, 0.25) is 0 Å². The zero-order valence-electron chi connectivity index (χ0n) is 8.49. The molecule has 2 N–H and O–H groups in total. The number of hydrogen-bond donors (Lipinski definition) is 1. The summed E-state index contributed by atoms with van der Waals surface area (Å²) in [6.45, 7) is 2.60. The molecule has 0 atom stereocenters. The van der Waals surface area contributed by atoms with Crippen molar-refractivity contribution in [3.63, 3.8) is 0 Å². The zero-order valence-corrected chi connectivity index (χ0v) is 8.49. The molecule has 14 heavy (non-hydrogen) atoms. The molecule has 0 bridgehead atoms. The molecule has 0 aliphatic rings. The maximum absolute atomic E-state index is 5.48. The van der Waals surface area contributed by atoms with E-state index in [0.717, 1.165) is 29.0 Å². The Hall–Kier alpha value is -1.42. The van der Waals surface area contributed by atoms with Crippen LogP contribution in [0.4, 0.5) is 0 Å². The molecule has 74 valence electrons. The Kier molecular flexibility index (Phi) is 2.21. The highest BCUT2D eigenvalue weighted by atomic mass is 15.0. The van der Waals surface area contributed by atoms with Crippen molar-refractivity contribution in [3.05, 3.63) is 23.8 Å². The molecule has 0 amide bonds. The average Bonchev–Trinajstić information content (AvgIpc) is 2.49. The first-order valence-corrected chi connectivity index (χ1v) is 4.71. The van der Waals surface area contributed by atoms with E-state index in [9.17, 15) is 0 Å². The number of aromatic nitrogens is 3. The van der Waals surface area contributed by atoms with Crippen LogP contribution < -0.4 is 5.73 Å². The average molecular weight is 190 g/mol. The minimum absolute atomic E-state index is 0.593. The van der Waals surface area contributed by atoms with Crippen LogP contribution in [0, 0.1) is 6.92 Å². The molecule has 0 fully saturated rings. The van der Waals surface area contributed by atoms with E-state index in [1.807, 2.05) is 30.8 Å². The molecule has 2 heterocycles. The quantitative estimate of drug-likeness (QED) is 0.761. The Bertz CT molecular complexity index is 458. The first-order valence-electron chi connectivity index (χ1n) is 4.71. The van der Waals surface area contributed by atoms with Gasteiger partial charge >= 0.3 is 0 Å². The molecule has 0 saturated carbocycles. The third-order valence-electron chi connectivity index (χ3n) is 2.33. The van der Waals surface area contributed by atoms with E-state index in [2.05, 4.69) is 9.97 Å². The number of nitrogens with two attached hydrogens (primary N) is 1. The van der Waals surface area contributed by atoms with Crippen LogP contribution in [0.25, 0.3) is 11.0 Å². The van der Waals surface area contributed by atoms with E-state index in [4.69, 9.17) is 5.73 Å². The first-order chi connectivity index (χ1) is 6.72. The predicted octanol–water partition coefficient (Wildman–Crippen LogP) is 0.778. The summed E-state index contributed by atoms with van der Waals surface area (Å²) < 4.78 is 2.00. The van der Waals surface area contributed by atoms with Crippen LogP contribution in [0.3, 0.4) is 0 Å². The van der Waals surface area contributed by atoms with Crippen molar-refractivity contribution in [2.75, 3.05) is 6.54 Å². The summed E-state index contributed by atoms with van der Waals surface area (Å²) in [5.74, 6) is 0.833. The van der Waals surface area contributed by atoms with Crippen LogP contribution >= 0.6 is 0 Å². The van der Waals surface area contributed by atoms with Gasteiger partial charge in [0, 0.05) is 25.1 Å². The fraction of sp³-hybridized carbons (Fsp3) is 0.400. The van der Waals surface area contributed by atoms with Gasteiger partial charge in [0.15, 0.2) is 0 Å². The van der Waals surface area contributed by atoms with Crippen molar-refractivity contribution in [3.8, 4) is 0 Å². The monoisotopic (exact) mass is 190 g/mol. The lowest BCUT2D eigenvalue weighted by molar-refractivity contribution is 0.851. The topological polar surface area (TPSA) is 56.7 Å². The largest absolute Gasteiger partial charge is 0.335 e. The molecule has 2 aromatic rings. The molecule has 2 aromatic heterocycles. The normalized spacial score (nSPS) is 11.1. The number of nitrogens with zero attached hydrogens (tertiary/aromatic N) is 3. The van der Waals surface area contributed by atoms with Crippen LogP contribution in [0.1, 0.15) is 11.5 Å². The fourth-order valence-electron chi connectivity index (χ4n) is 1.58. The van der Waals surface area contributed by atoms with E-state index in [1.54, 1.807) is 0 Å². The lowest BCUT2D eigenvalue weighted by Crippen LogP contribution is -2.08. The van der Waals surface area contributed by atoms with E-state index >= 15 is 0 Å². The highest BCUT2D eigenvalue weighted by molar-refractivity contribution is 5.78. The zero-order chi connectivity index (χ0) is 10.1. The van der Waals surface area contributed by atoms with Gasteiger partial charge < -0.3 is 10.3 Å². The number of aryl methyl sites for hydroxylation is 2. The Morgan fingerprint density at radius 3 is 2.93 bits per heavy atom. The molecule has 2 rings (SSSR count). The third-order valence-corrected chi connectivity index (χ3v) is 2.33. The summed E-state index contributed by atoms with van der Waals surface area (Å²) in [5.41, 5.74) is 7.50. The second-order valence-corrected chi connectivity index (χ2v) is 3.43. The standard InChI is InChI=1S/C10H14N4/c1-7-8-4-6-14(2)10(8)13-9(12-7)3-5-11/h4,6H,3,5,11H2,1-2H3. The fourth-order valence-corrected chi connectivity index (χ4v) is 1.58. The second kappa shape index (κ2) is 3.38. The van der Waals surface area contributed by atoms with Crippen molar-refractivity contribution in [1.29, 1.82) is 0 Å². The molecule has 0 radical (unpaired) electrons. The van der Waals surface area contributed by atoms with Gasteiger partial charge in [0.05, 0.1) is 5.69 Å². The Balaban J connectivity index is 2.63. The Morgan fingerprint density at radius 1 is 1.43 bits per heavy atom. The molecule has 0 unspecified atom stereocenters. The summed E-state index contributed by atoms with van der Waals surface area (Å²) in [6.07, 6.45) is 2.74. The van der Waals surface area contributed by atoms with Gasteiger partial charge in [0.2, 0.25) is 0 Å².